The van der Waals surface area contributed by atoms with Crippen molar-refractivity contribution in [2.45, 2.75) is 13.2 Å². The highest BCUT2D eigenvalue weighted by atomic mass is 19.3. The summed E-state index contributed by atoms with van der Waals surface area (Å²) < 4.78 is 38.8. The number of hydrogen-bond donors (Lipinski definition) is 3. The third kappa shape index (κ3) is 4.05. The Morgan fingerprint density at radius 1 is 1.29 bits per heavy atom. The Balaban J connectivity index is 0.000000161. The van der Waals surface area contributed by atoms with Crippen LogP contribution in [0.5, 0.6) is 17.2 Å². The molecule has 148 valence electrons. The van der Waals surface area contributed by atoms with E-state index in [0.717, 1.165) is 0 Å². The first kappa shape index (κ1) is 19.2. The third-order valence-corrected chi connectivity index (χ3v) is 3.78. The Labute approximate surface area is 158 Å². The van der Waals surface area contributed by atoms with Crippen LogP contribution in [0.2, 0.25) is 0 Å². The number of alkyl halides is 2. The summed E-state index contributed by atoms with van der Waals surface area (Å²) >= 11 is 0. The molecule has 0 spiro atoms. The fourth-order valence-corrected chi connectivity index (χ4v) is 2.49. The van der Waals surface area contributed by atoms with Gasteiger partial charge in [-0.1, -0.05) is 0 Å². The van der Waals surface area contributed by atoms with E-state index in [-0.39, 0.29) is 17.4 Å². The molecule has 1 amide bonds. The second-order valence-electron chi connectivity index (χ2n) is 5.70. The largest absolute Gasteiger partial charge is 0.586 e. The second kappa shape index (κ2) is 7.59. The van der Waals surface area contributed by atoms with E-state index in [1.807, 2.05) is 6.92 Å². The van der Waals surface area contributed by atoms with Crippen molar-refractivity contribution in [3.05, 3.63) is 42.2 Å². The number of anilines is 1. The van der Waals surface area contributed by atoms with Gasteiger partial charge in [0.2, 0.25) is 0 Å². The number of aromatic amines is 1. The van der Waals surface area contributed by atoms with Crippen molar-refractivity contribution in [3.63, 3.8) is 0 Å². The molecule has 1 aliphatic rings. The number of H-pyrrole nitrogens is 1. The first-order valence-corrected chi connectivity index (χ1v) is 8.27. The minimum absolute atomic E-state index is 0.00889. The maximum Gasteiger partial charge on any atom is 0.586 e. The summed E-state index contributed by atoms with van der Waals surface area (Å²) in [6.45, 7) is 2.47. The van der Waals surface area contributed by atoms with Crippen LogP contribution >= 0.6 is 0 Å². The van der Waals surface area contributed by atoms with Crippen molar-refractivity contribution in [2.75, 3.05) is 19.4 Å². The molecule has 1 aromatic heterocycles. The second-order valence-corrected chi connectivity index (χ2v) is 5.70. The maximum absolute atomic E-state index is 12.6. The number of nitrogens with one attached hydrogen (secondary N) is 2. The van der Waals surface area contributed by atoms with E-state index < -0.39 is 6.29 Å². The highest BCUT2D eigenvalue weighted by Gasteiger charge is 2.43. The summed E-state index contributed by atoms with van der Waals surface area (Å²) in [5.41, 5.74) is 7.89. The minimum Gasteiger partial charge on any atom is -0.495 e. The van der Waals surface area contributed by atoms with Gasteiger partial charge in [-0.15, -0.1) is 8.78 Å². The van der Waals surface area contributed by atoms with Crippen LogP contribution in [0.1, 0.15) is 17.3 Å². The molecule has 0 saturated carbocycles. The van der Waals surface area contributed by atoms with Crippen molar-refractivity contribution in [3.8, 4) is 17.2 Å². The molecule has 1 aliphatic heterocycles. The smallest absolute Gasteiger partial charge is 0.495 e. The Morgan fingerprint density at radius 2 is 2.00 bits per heavy atom. The first-order valence-electron chi connectivity index (χ1n) is 8.27. The molecule has 3 aromatic rings. The van der Waals surface area contributed by atoms with E-state index >= 15 is 0 Å². The number of fused-ring (bicyclic) bond motifs is 2. The number of amides is 1. The molecule has 8 nitrogen and oxygen atoms in total. The molecular formula is C18H18F2N4O4. The predicted molar refractivity (Wildman–Crippen MR) is 97.7 cm³/mol. The van der Waals surface area contributed by atoms with Gasteiger partial charge < -0.3 is 30.2 Å². The number of carbonyl (C=O) groups excluding carboxylic acids is 1. The molecule has 0 unspecified atom stereocenters. The van der Waals surface area contributed by atoms with Crippen molar-refractivity contribution >= 4 is 22.6 Å². The van der Waals surface area contributed by atoms with Gasteiger partial charge in [-0.3, -0.25) is 4.79 Å². The molecule has 28 heavy (non-hydrogen) atoms. The lowest BCUT2D eigenvalue weighted by molar-refractivity contribution is -0.286. The Morgan fingerprint density at radius 3 is 2.68 bits per heavy atom. The van der Waals surface area contributed by atoms with Crippen molar-refractivity contribution in [2.24, 2.45) is 0 Å². The molecule has 0 radical (unpaired) electrons. The molecule has 0 saturated heterocycles. The molecule has 4 N–H and O–H groups in total. The number of nitrogens with two attached hydrogens (primary N) is 1. The number of benzene rings is 2. The van der Waals surface area contributed by atoms with Crippen molar-refractivity contribution < 1.29 is 27.8 Å². The summed E-state index contributed by atoms with van der Waals surface area (Å²) in [7, 11) is 1.52. The van der Waals surface area contributed by atoms with E-state index in [0.29, 0.717) is 34.6 Å². The molecule has 0 atom stereocenters. The van der Waals surface area contributed by atoms with Gasteiger partial charge in [0, 0.05) is 24.2 Å². The average Bonchev–Trinajstić information content (AvgIpc) is 3.21. The summed E-state index contributed by atoms with van der Waals surface area (Å²) in [6.07, 6.45) is -2.10. The predicted octanol–water partition coefficient (Wildman–Crippen LogP) is 2.91. The van der Waals surface area contributed by atoms with E-state index in [9.17, 15) is 13.6 Å². The number of rotatable bonds is 3. The van der Waals surface area contributed by atoms with Crippen molar-refractivity contribution in [1.82, 2.24) is 15.3 Å². The highest BCUT2D eigenvalue weighted by molar-refractivity contribution is 5.95. The topological polar surface area (TPSA) is 111 Å². The first-order chi connectivity index (χ1) is 13.3. The van der Waals surface area contributed by atoms with Gasteiger partial charge in [0.15, 0.2) is 11.5 Å². The monoisotopic (exact) mass is 392 g/mol. The number of ether oxygens (including phenoxy) is 3. The van der Waals surface area contributed by atoms with Gasteiger partial charge in [0.05, 0.1) is 30.2 Å². The van der Waals surface area contributed by atoms with Gasteiger partial charge in [-0.05, 0) is 25.1 Å². The molecule has 10 heteroatoms. The van der Waals surface area contributed by atoms with Gasteiger partial charge in [0.1, 0.15) is 5.75 Å². The Kier molecular flexibility index (Phi) is 5.21. The standard InChI is InChI=1S/C10H14N2O2.C8H4F2N2O2/c1-3-12-10(13)7-4-5-8(11)9(6-7)14-2;9-8(10)13-6-1-4-5(12-3-11-4)2-7(6)14-8/h4-6H,3,11H2,1-2H3,(H,12,13);1-3H,(H,11,12). The summed E-state index contributed by atoms with van der Waals surface area (Å²) in [5, 5.41) is 2.70. The zero-order chi connectivity index (χ0) is 20.3. The SMILES string of the molecule is CCNC(=O)c1ccc(N)c(OC)c1.FC1(F)Oc2cc3nc[nH]c3cc2O1. The van der Waals surface area contributed by atoms with E-state index in [4.69, 9.17) is 10.5 Å². The molecule has 2 heterocycles. The maximum atomic E-state index is 12.6. The fraction of sp³-hybridized carbons (Fsp3) is 0.222. The van der Waals surface area contributed by atoms with Crippen LogP contribution in [-0.4, -0.2) is 35.8 Å². The average molecular weight is 392 g/mol. The van der Waals surface area contributed by atoms with E-state index in [2.05, 4.69) is 24.8 Å². The lowest BCUT2D eigenvalue weighted by Crippen LogP contribution is -2.25. The zero-order valence-corrected chi connectivity index (χ0v) is 15.1. The molecule has 2 aromatic carbocycles. The van der Waals surface area contributed by atoms with E-state index in [1.54, 1.807) is 18.2 Å². The highest BCUT2D eigenvalue weighted by Crippen LogP contribution is 2.42. The van der Waals surface area contributed by atoms with Crippen LogP contribution in [-0.2, 0) is 0 Å². The van der Waals surface area contributed by atoms with Crippen LogP contribution in [0.15, 0.2) is 36.7 Å². The molecule has 4 rings (SSSR count). The molecule has 0 bridgehead atoms. The number of carbonyl (C=O) groups is 1. The van der Waals surface area contributed by atoms with Crippen LogP contribution in [0.25, 0.3) is 11.0 Å². The normalized spacial score (nSPS) is 13.6. The summed E-state index contributed by atoms with van der Waals surface area (Å²) in [5.74, 6) is 0.431. The Bertz CT molecular complexity index is 964. The number of aromatic nitrogens is 2. The van der Waals surface area contributed by atoms with Crippen LogP contribution in [0.4, 0.5) is 14.5 Å². The van der Waals surface area contributed by atoms with Crippen molar-refractivity contribution in [1.29, 1.82) is 0 Å². The van der Waals surface area contributed by atoms with Crippen LogP contribution in [0.3, 0.4) is 0 Å². The van der Waals surface area contributed by atoms with Gasteiger partial charge in [0.25, 0.3) is 5.91 Å². The quantitative estimate of drug-likeness (QED) is 0.591. The molecular weight excluding hydrogens is 374 g/mol. The number of hydrogen-bond acceptors (Lipinski definition) is 6. The Hall–Kier alpha value is -3.56. The number of nitrogen functional groups attached to an aromatic ring is 1. The van der Waals surface area contributed by atoms with Crippen LogP contribution < -0.4 is 25.3 Å². The van der Waals surface area contributed by atoms with Gasteiger partial charge >= 0.3 is 6.29 Å². The number of halogens is 2. The van der Waals surface area contributed by atoms with Gasteiger partial charge in [-0.2, -0.15) is 0 Å². The third-order valence-electron chi connectivity index (χ3n) is 3.78. The lowest BCUT2D eigenvalue weighted by Gasteiger charge is -2.07. The fourth-order valence-electron chi connectivity index (χ4n) is 2.49. The lowest BCUT2D eigenvalue weighted by atomic mass is 10.2. The molecule has 0 aliphatic carbocycles. The molecule has 0 fully saturated rings. The van der Waals surface area contributed by atoms with Gasteiger partial charge in [-0.25, -0.2) is 4.98 Å². The zero-order valence-electron chi connectivity index (χ0n) is 15.1. The van der Waals surface area contributed by atoms with Crippen LogP contribution in [0, 0.1) is 0 Å². The summed E-state index contributed by atoms with van der Waals surface area (Å²) in [6, 6.07) is 7.78. The van der Waals surface area contributed by atoms with E-state index in [1.165, 1.54) is 25.6 Å². The number of nitrogens with zero attached hydrogens (tertiary/aromatic N) is 1. The summed E-state index contributed by atoms with van der Waals surface area (Å²) in [4.78, 5) is 18.1. The minimum atomic E-state index is -3.57. The number of methoxy groups -OCH3 is 1. The number of imidazole rings is 1.